The molecule has 0 amide bonds. The summed E-state index contributed by atoms with van der Waals surface area (Å²) in [5.41, 5.74) is 6.92. The predicted molar refractivity (Wildman–Crippen MR) is 77.9 cm³/mol. The maximum absolute atomic E-state index is 13.3. The van der Waals surface area contributed by atoms with Crippen LogP contribution < -0.4 is 11.1 Å². The van der Waals surface area contributed by atoms with E-state index in [1.807, 2.05) is 11.4 Å². The van der Waals surface area contributed by atoms with Crippen LogP contribution in [0.5, 0.6) is 0 Å². The molecule has 0 saturated heterocycles. The summed E-state index contributed by atoms with van der Waals surface area (Å²) in [6, 6.07) is 4.97. The van der Waals surface area contributed by atoms with Crippen molar-refractivity contribution in [1.29, 1.82) is 0 Å². The van der Waals surface area contributed by atoms with Crippen molar-refractivity contribution in [2.45, 2.75) is 6.54 Å². The fraction of sp³-hybridized carbons (Fsp3) is 0.0909. The summed E-state index contributed by atoms with van der Waals surface area (Å²) in [4.78, 5) is 1.15. The van der Waals surface area contributed by atoms with Crippen molar-refractivity contribution < 1.29 is 4.39 Å². The lowest BCUT2D eigenvalue weighted by Crippen LogP contribution is -2.02. The lowest BCUT2D eigenvalue weighted by molar-refractivity contribution is 0.622. The molecule has 1 aromatic heterocycles. The number of rotatable bonds is 3. The van der Waals surface area contributed by atoms with Crippen LogP contribution in [0.15, 0.2) is 32.5 Å². The highest BCUT2D eigenvalue weighted by atomic mass is 79.9. The first-order valence-electron chi connectivity index (χ1n) is 4.77. The number of anilines is 2. The Morgan fingerprint density at radius 1 is 1.29 bits per heavy atom. The second-order valence-electron chi connectivity index (χ2n) is 3.44. The van der Waals surface area contributed by atoms with Gasteiger partial charge in [0.1, 0.15) is 5.82 Å². The lowest BCUT2D eigenvalue weighted by atomic mass is 10.2. The number of benzene rings is 1. The number of nitrogens with one attached hydrogen (secondary N) is 1. The lowest BCUT2D eigenvalue weighted by Gasteiger charge is -2.09. The zero-order valence-corrected chi connectivity index (χ0v) is 12.6. The van der Waals surface area contributed by atoms with Gasteiger partial charge in [-0.1, -0.05) is 0 Å². The minimum atomic E-state index is -0.325. The first-order valence-corrected chi connectivity index (χ1v) is 7.24. The van der Waals surface area contributed by atoms with Crippen LogP contribution >= 0.6 is 43.2 Å². The third-order valence-electron chi connectivity index (χ3n) is 2.17. The molecule has 2 nitrogen and oxygen atoms in total. The van der Waals surface area contributed by atoms with E-state index in [4.69, 9.17) is 5.73 Å². The topological polar surface area (TPSA) is 38.0 Å². The Kier molecular flexibility index (Phi) is 4.06. The number of halogens is 3. The van der Waals surface area contributed by atoms with Crippen molar-refractivity contribution in [3.05, 3.63) is 43.2 Å². The van der Waals surface area contributed by atoms with Crippen molar-refractivity contribution in [2.75, 3.05) is 11.1 Å². The number of hydrogen-bond donors (Lipinski definition) is 2. The fourth-order valence-electron chi connectivity index (χ4n) is 1.34. The van der Waals surface area contributed by atoms with Gasteiger partial charge in [-0.15, -0.1) is 11.3 Å². The smallest absolute Gasteiger partial charge is 0.139 e. The highest BCUT2D eigenvalue weighted by Crippen LogP contribution is 2.27. The van der Waals surface area contributed by atoms with E-state index in [9.17, 15) is 4.39 Å². The molecule has 0 atom stereocenters. The number of nitrogens with two attached hydrogens (primary N) is 1. The number of nitrogen functional groups attached to an aromatic ring is 1. The molecule has 2 aromatic rings. The van der Waals surface area contributed by atoms with Crippen molar-refractivity contribution in [2.24, 2.45) is 0 Å². The standard InChI is InChI=1S/C11H9Br2FN2S/c12-6-1-7(17-5-6)4-16-11-3-9(14)8(13)2-10(11)15/h1-3,5,16H,4,15H2. The van der Waals surface area contributed by atoms with Gasteiger partial charge in [0, 0.05) is 27.3 Å². The van der Waals surface area contributed by atoms with Crippen LogP contribution in [-0.4, -0.2) is 0 Å². The van der Waals surface area contributed by atoms with Crippen molar-refractivity contribution in [3.63, 3.8) is 0 Å². The van der Waals surface area contributed by atoms with Crippen LogP contribution in [0.1, 0.15) is 4.88 Å². The highest BCUT2D eigenvalue weighted by molar-refractivity contribution is 9.10. The van der Waals surface area contributed by atoms with Gasteiger partial charge in [-0.2, -0.15) is 0 Å². The van der Waals surface area contributed by atoms with Crippen molar-refractivity contribution in [1.82, 2.24) is 0 Å². The molecule has 90 valence electrons. The van der Waals surface area contributed by atoms with E-state index in [0.29, 0.717) is 22.4 Å². The van der Waals surface area contributed by atoms with Crippen LogP contribution in [0.4, 0.5) is 15.8 Å². The Morgan fingerprint density at radius 2 is 2.06 bits per heavy atom. The molecule has 1 heterocycles. The molecule has 0 radical (unpaired) electrons. The molecule has 0 fully saturated rings. The molecule has 2 rings (SSSR count). The van der Waals surface area contributed by atoms with Crippen LogP contribution in [0.2, 0.25) is 0 Å². The molecule has 0 unspecified atom stereocenters. The molecule has 17 heavy (non-hydrogen) atoms. The van der Waals surface area contributed by atoms with Gasteiger partial charge < -0.3 is 11.1 Å². The average molecular weight is 380 g/mol. The Morgan fingerprint density at radius 3 is 2.71 bits per heavy atom. The molecule has 0 aliphatic heterocycles. The normalized spacial score (nSPS) is 10.5. The highest BCUT2D eigenvalue weighted by Gasteiger charge is 2.06. The second kappa shape index (κ2) is 5.37. The predicted octanol–water partition coefficient (Wildman–Crippen LogP) is 4.61. The quantitative estimate of drug-likeness (QED) is 0.764. The van der Waals surface area contributed by atoms with Gasteiger partial charge in [-0.05, 0) is 44.0 Å². The minimum Gasteiger partial charge on any atom is -0.397 e. The summed E-state index contributed by atoms with van der Waals surface area (Å²) in [6.07, 6.45) is 0. The monoisotopic (exact) mass is 378 g/mol. The van der Waals surface area contributed by atoms with E-state index in [1.54, 1.807) is 17.4 Å². The Labute approximate surface area is 119 Å². The number of thiophene rings is 1. The van der Waals surface area contributed by atoms with Gasteiger partial charge >= 0.3 is 0 Å². The molecule has 0 aliphatic rings. The maximum atomic E-state index is 13.3. The Bertz CT molecular complexity index is 542. The third-order valence-corrected chi connectivity index (χ3v) is 4.47. The molecule has 3 N–H and O–H groups in total. The molecule has 0 bridgehead atoms. The molecule has 0 saturated carbocycles. The van der Waals surface area contributed by atoms with Crippen LogP contribution in [0.25, 0.3) is 0 Å². The van der Waals surface area contributed by atoms with Gasteiger partial charge in [-0.25, -0.2) is 4.39 Å². The SMILES string of the molecule is Nc1cc(Br)c(F)cc1NCc1cc(Br)cs1. The van der Waals surface area contributed by atoms with Crippen LogP contribution in [0.3, 0.4) is 0 Å². The fourth-order valence-corrected chi connectivity index (χ4v) is 3.10. The largest absolute Gasteiger partial charge is 0.397 e. The van der Waals surface area contributed by atoms with Gasteiger partial charge in [0.05, 0.1) is 15.8 Å². The maximum Gasteiger partial charge on any atom is 0.139 e. The van der Waals surface area contributed by atoms with Crippen molar-refractivity contribution in [3.8, 4) is 0 Å². The summed E-state index contributed by atoms with van der Waals surface area (Å²) in [6.45, 7) is 0.627. The van der Waals surface area contributed by atoms with Gasteiger partial charge in [0.25, 0.3) is 0 Å². The third kappa shape index (κ3) is 3.20. The first-order chi connectivity index (χ1) is 8.06. The zero-order valence-electron chi connectivity index (χ0n) is 8.64. The first kappa shape index (κ1) is 12.9. The molecular weight excluding hydrogens is 371 g/mol. The van der Waals surface area contributed by atoms with Gasteiger partial charge in [0.15, 0.2) is 0 Å². The Balaban J connectivity index is 2.11. The van der Waals surface area contributed by atoms with E-state index in [1.165, 1.54) is 6.07 Å². The van der Waals surface area contributed by atoms with Gasteiger partial charge in [-0.3, -0.25) is 0 Å². The van der Waals surface area contributed by atoms with E-state index in [0.717, 1.165) is 9.35 Å². The van der Waals surface area contributed by atoms with E-state index in [2.05, 4.69) is 37.2 Å². The van der Waals surface area contributed by atoms with Gasteiger partial charge in [0.2, 0.25) is 0 Å². The summed E-state index contributed by atoms with van der Waals surface area (Å²) in [7, 11) is 0. The zero-order chi connectivity index (χ0) is 12.4. The molecule has 6 heteroatoms. The summed E-state index contributed by atoms with van der Waals surface area (Å²) in [5, 5.41) is 5.12. The summed E-state index contributed by atoms with van der Waals surface area (Å²) in [5.74, 6) is -0.325. The molecular formula is C11H9Br2FN2S. The van der Waals surface area contributed by atoms with Crippen LogP contribution in [-0.2, 0) is 6.54 Å². The van der Waals surface area contributed by atoms with E-state index in [-0.39, 0.29) is 5.82 Å². The summed E-state index contributed by atoms with van der Waals surface area (Å²) >= 11 is 8.11. The second-order valence-corrected chi connectivity index (χ2v) is 6.20. The minimum absolute atomic E-state index is 0.325. The van der Waals surface area contributed by atoms with Crippen LogP contribution in [0, 0.1) is 5.82 Å². The Hall–Kier alpha value is -0.590. The molecule has 0 spiro atoms. The molecule has 0 aliphatic carbocycles. The van der Waals surface area contributed by atoms with E-state index >= 15 is 0 Å². The number of hydrogen-bond acceptors (Lipinski definition) is 3. The molecule has 1 aromatic carbocycles. The van der Waals surface area contributed by atoms with Crippen molar-refractivity contribution >= 4 is 54.6 Å². The average Bonchev–Trinajstić information content (AvgIpc) is 2.68. The summed E-state index contributed by atoms with van der Waals surface area (Å²) < 4.78 is 14.8. The van der Waals surface area contributed by atoms with E-state index < -0.39 is 0 Å².